The highest BCUT2D eigenvalue weighted by Crippen LogP contribution is 2.32. The zero-order chi connectivity index (χ0) is 19.1. The molecule has 1 aliphatic carbocycles. The molecule has 0 bridgehead atoms. The number of hydrogen-bond donors (Lipinski definition) is 2. The first kappa shape index (κ1) is 23.4. The number of ether oxygens (including phenoxy) is 1. The summed E-state index contributed by atoms with van der Waals surface area (Å²) in [5, 5.41) is 13.6. The molecule has 1 aromatic carbocycles. The first-order valence-corrected chi connectivity index (χ1v) is 10.5. The molecule has 5 nitrogen and oxygen atoms in total. The van der Waals surface area contributed by atoms with Crippen LogP contribution in [0.25, 0.3) is 0 Å². The maximum Gasteiger partial charge on any atom is 0.194 e. The van der Waals surface area contributed by atoms with Gasteiger partial charge in [0.05, 0.1) is 19.3 Å². The van der Waals surface area contributed by atoms with Gasteiger partial charge in [-0.25, -0.2) is 0 Å². The molecule has 3 atom stereocenters. The third kappa shape index (κ3) is 7.19. The standard InChI is InChI=1S/C22H35N3O2.HI/c1-3-23-22(24-13-20(26)16-27-15-18-9-10-18)25-12-11-21(17(2)14-25)19-7-5-4-6-8-19;/h4-8,17-18,20-21,26H,3,9-16H2,1-2H3,(H,23,24);1H. The van der Waals surface area contributed by atoms with Crippen LogP contribution in [0.4, 0.5) is 0 Å². The highest BCUT2D eigenvalue weighted by Gasteiger charge is 2.28. The monoisotopic (exact) mass is 501 g/mol. The summed E-state index contributed by atoms with van der Waals surface area (Å²) in [4.78, 5) is 7.02. The highest BCUT2D eigenvalue weighted by molar-refractivity contribution is 14.0. The van der Waals surface area contributed by atoms with Crippen LogP contribution in [-0.2, 0) is 4.74 Å². The van der Waals surface area contributed by atoms with Crippen molar-refractivity contribution < 1.29 is 9.84 Å². The van der Waals surface area contributed by atoms with Gasteiger partial charge in [0.15, 0.2) is 5.96 Å². The van der Waals surface area contributed by atoms with Crippen LogP contribution in [0.2, 0.25) is 0 Å². The number of hydrogen-bond acceptors (Lipinski definition) is 3. The number of aliphatic imine (C=N–C) groups is 1. The predicted molar refractivity (Wildman–Crippen MR) is 125 cm³/mol. The second-order valence-electron chi connectivity index (χ2n) is 8.06. The quantitative estimate of drug-likeness (QED) is 0.326. The summed E-state index contributed by atoms with van der Waals surface area (Å²) < 4.78 is 5.58. The van der Waals surface area contributed by atoms with Crippen molar-refractivity contribution in [3.63, 3.8) is 0 Å². The van der Waals surface area contributed by atoms with Gasteiger partial charge in [0, 0.05) is 26.2 Å². The lowest BCUT2D eigenvalue weighted by molar-refractivity contribution is 0.0367. The SMILES string of the molecule is CCNC(=NCC(O)COCC1CC1)N1CCC(c2ccccc2)C(C)C1.I. The number of rotatable bonds is 8. The van der Waals surface area contributed by atoms with Gasteiger partial charge in [-0.1, -0.05) is 37.3 Å². The van der Waals surface area contributed by atoms with E-state index in [4.69, 9.17) is 4.74 Å². The molecule has 1 aliphatic heterocycles. The second kappa shape index (κ2) is 12.0. The smallest absolute Gasteiger partial charge is 0.194 e. The molecular weight excluding hydrogens is 465 g/mol. The van der Waals surface area contributed by atoms with Crippen molar-refractivity contribution in [2.24, 2.45) is 16.8 Å². The number of aliphatic hydroxyl groups is 1. The summed E-state index contributed by atoms with van der Waals surface area (Å²) >= 11 is 0. The lowest BCUT2D eigenvalue weighted by Gasteiger charge is -2.39. The molecule has 0 spiro atoms. The van der Waals surface area contributed by atoms with Crippen molar-refractivity contribution in [2.75, 3.05) is 39.4 Å². The van der Waals surface area contributed by atoms with E-state index in [0.29, 0.717) is 25.0 Å². The zero-order valence-electron chi connectivity index (χ0n) is 17.2. The first-order chi connectivity index (χ1) is 13.2. The Morgan fingerprint density at radius 3 is 2.68 bits per heavy atom. The van der Waals surface area contributed by atoms with Crippen LogP contribution in [0.15, 0.2) is 35.3 Å². The number of halogens is 1. The minimum absolute atomic E-state index is 0. The van der Waals surface area contributed by atoms with E-state index < -0.39 is 6.10 Å². The van der Waals surface area contributed by atoms with Gasteiger partial charge in [0.25, 0.3) is 0 Å². The van der Waals surface area contributed by atoms with Crippen molar-refractivity contribution in [1.82, 2.24) is 10.2 Å². The second-order valence-corrected chi connectivity index (χ2v) is 8.06. The Hall–Kier alpha value is -0.860. The summed E-state index contributed by atoms with van der Waals surface area (Å²) in [6.45, 7) is 8.78. The Morgan fingerprint density at radius 1 is 1.29 bits per heavy atom. The lowest BCUT2D eigenvalue weighted by atomic mass is 9.82. The maximum atomic E-state index is 10.2. The summed E-state index contributed by atoms with van der Waals surface area (Å²) in [6, 6.07) is 10.8. The number of guanidine groups is 1. The van der Waals surface area contributed by atoms with Crippen LogP contribution in [-0.4, -0.2) is 61.5 Å². The first-order valence-electron chi connectivity index (χ1n) is 10.5. The largest absolute Gasteiger partial charge is 0.389 e. The normalized spacial score (nSPS) is 23.8. The van der Waals surface area contributed by atoms with Gasteiger partial charge >= 0.3 is 0 Å². The number of piperidine rings is 1. The Bertz CT molecular complexity index is 595. The third-order valence-electron chi connectivity index (χ3n) is 5.58. The van der Waals surface area contributed by atoms with E-state index in [1.807, 2.05) is 0 Å². The zero-order valence-corrected chi connectivity index (χ0v) is 19.5. The molecule has 6 heteroatoms. The topological polar surface area (TPSA) is 57.1 Å². The maximum absolute atomic E-state index is 10.2. The van der Waals surface area contributed by atoms with Crippen LogP contribution < -0.4 is 5.32 Å². The van der Waals surface area contributed by atoms with Crippen LogP contribution in [0.5, 0.6) is 0 Å². The van der Waals surface area contributed by atoms with Crippen LogP contribution >= 0.6 is 24.0 Å². The van der Waals surface area contributed by atoms with E-state index in [1.165, 1.54) is 18.4 Å². The molecule has 1 saturated heterocycles. The minimum Gasteiger partial charge on any atom is -0.389 e. The molecule has 1 saturated carbocycles. The molecular formula is C22H36IN3O2. The van der Waals surface area contributed by atoms with E-state index in [-0.39, 0.29) is 24.0 Å². The molecule has 2 aliphatic rings. The predicted octanol–water partition coefficient (Wildman–Crippen LogP) is 3.48. The third-order valence-corrected chi connectivity index (χ3v) is 5.58. The van der Waals surface area contributed by atoms with Gasteiger partial charge in [-0.15, -0.1) is 24.0 Å². The molecule has 1 aromatic rings. The van der Waals surface area contributed by atoms with E-state index in [1.54, 1.807) is 0 Å². The molecule has 3 rings (SSSR count). The molecule has 1 heterocycles. The number of aliphatic hydroxyl groups excluding tert-OH is 1. The number of benzene rings is 1. The summed E-state index contributed by atoms with van der Waals surface area (Å²) in [7, 11) is 0. The van der Waals surface area contributed by atoms with Gasteiger partial charge in [0.1, 0.15) is 0 Å². The van der Waals surface area contributed by atoms with Gasteiger partial charge in [0.2, 0.25) is 0 Å². The van der Waals surface area contributed by atoms with E-state index in [9.17, 15) is 5.11 Å². The fraction of sp³-hybridized carbons (Fsp3) is 0.682. The van der Waals surface area contributed by atoms with E-state index in [0.717, 1.165) is 44.5 Å². The summed E-state index contributed by atoms with van der Waals surface area (Å²) in [5.41, 5.74) is 1.44. The van der Waals surface area contributed by atoms with Crippen molar-refractivity contribution in [1.29, 1.82) is 0 Å². The van der Waals surface area contributed by atoms with Crippen molar-refractivity contribution in [3.8, 4) is 0 Å². The lowest BCUT2D eigenvalue weighted by Crippen LogP contribution is -2.48. The van der Waals surface area contributed by atoms with Crippen LogP contribution in [0.1, 0.15) is 44.6 Å². The van der Waals surface area contributed by atoms with Crippen molar-refractivity contribution in [2.45, 2.75) is 45.1 Å². The van der Waals surface area contributed by atoms with Gasteiger partial charge in [-0.05, 0) is 49.5 Å². The van der Waals surface area contributed by atoms with E-state index >= 15 is 0 Å². The summed E-state index contributed by atoms with van der Waals surface area (Å²) in [6.07, 6.45) is 3.14. The average Bonchev–Trinajstić information content (AvgIpc) is 3.50. The molecule has 158 valence electrons. The van der Waals surface area contributed by atoms with Crippen molar-refractivity contribution >= 4 is 29.9 Å². The molecule has 28 heavy (non-hydrogen) atoms. The molecule has 0 radical (unpaired) electrons. The van der Waals surface area contributed by atoms with Gasteiger partial charge in [-0.2, -0.15) is 0 Å². The van der Waals surface area contributed by atoms with Gasteiger partial charge < -0.3 is 20.1 Å². The molecule has 2 N–H and O–H groups in total. The minimum atomic E-state index is -0.531. The molecule has 0 aromatic heterocycles. The highest BCUT2D eigenvalue weighted by atomic mass is 127. The Labute approximate surface area is 187 Å². The molecule has 2 fully saturated rings. The fourth-order valence-corrected chi connectivity index (χ4v) is 3.86. The number of likely N-dealkylation sites (tertiary alicyclic amines) is 1. The number of nitrogens with zero attached hydrogens (tertiary/aromatic N) is 2. The Morgan fingerprint density at radius 2 is 2.04 bits per heavy atom. The van der Waals surface area contributed by atoms with Crippen LogP contribution in [0, 0.1) is 11.8 Å². The number of nitrogens with one attached hydrogen (secondary N) is 1. The van der Waals surface area contributed by atoms with Crippen LogP contribution in [0.3, 0.4) is 0 Å². The van der Waals surface area contributed by atoms with Crippen molar-refractivity contribution in [3.05, 3.63) is 35.9 Å². The molecule has 3 unspecified atom stereocenters. The van der Waals surface area contributed by atoms with Gasteiger partial charge in [-0.3, -0.25) is 4.99 Å². The average molecular weight is 501 g/mol. The van der Waals surface area contributed by atoms with E-state index in [2.05, 4.69) is 59.4 Å². The Kier molecular flexibility index (Phi) is 10.0. The Balaban J connectivity index is 0.00000280. The fourth-order valence-electron chi connectivity index (χ4n) is 3.86. The molecule has 0 amide bonds. The summed E-state index contributed by atoms with van der Waals surface area (Å²) in [5.74, 6) is 2.81.